The molecule has 0 bridgehead atoms. The van der Waals surface area contributed by atoms with Crippen molar-refractivity contribution in [3.63, 3.8) is 0 Å². The summed E-state index contributed by atoms with van der Waals surface area (Å²) in [7, 11) is 2.96. The monoisotopic (exact) mass is 433 g/mol. The molecule has 0 aliphatic heterocycles. The van der Waals surface area contributed by atoms with Crippen molar-refractivity contribution in [2.24, 2.45) is 0 Å². The summed E-state index contributed by atoms with van der Waals surface area (Å²) in [5.74, 6) is -0.170. The molecular formula is C20H20ClN3O6. The second kappa shape index (κ2) is 10.3. The van der Waals surface area contributed by atoms with Crippen molar-refractivity contribution >= 4 is 35.2 Å². The van der Waals surface area contributed by atoms with E-state index in [1.165, 1.54) is 45.4 Å². The van der Waals surface area contributed by atoms with Gasteiger partial charge >= 0.3 is 0 Å². The lowest BCUT2D eigenvalue weighted by Gasteiger charge is -2.13. The van der Waals surface area contributed by atoms with E-state index in [0.29, 0.717) is 27.6 Å². The van der Waals surface area contributed by atoms with E-state index in [1.807, 2.05) is 0 Å². The van der Waals surface area contributed by atoms with E-state index < -0.39 is 16.7 Å². The number of nitrogens with zero attached hydrogens (tertiary/aromatic N) is 1. The number of nitro groups is 1. The van der Waals surface area contributed by atoms with Gasteiger partial charge in [0.1, 0.15) is 5.70 Å². The topological polar surface area (TPSA) is 120 Å². The van der Waals surface area contributed by atoms with Crippen LogP contribution in [0.5, 0.6) is 11.5 Å². The third-order valence-electron chi connectivity index (χ3n) is 3.94. The number of halogens is 1. The number of nitro benzene ring substituents is 1. The molecule has 10 heteroatoms. The van der Waals surface area contributed by atoms with Gasteiger partial charge < -0.3 is 20.1 Å². The van der Waals surface area contributed by atoms with Crippen molar-refractivity contribution in [2.75, 3.05) is 14.2 Å². The van der Waals surface area contributed by atoms with Gasteiger partial charge in [-0.15, -0.1) is 0 Å². The first-order chi connectivity index (χ1) is 14.2. The van der Waals surface area contributed by atoms with Crippen LogP contribution in [0, 0.1) is 10.1 Å². The van der Waals surface area contributed by atoms with Crippen LogP contribution in [0.3, 0.4) is 0 Å². The quantitative estimate of drug-likeness (QED) is 0.375. The largest absolute Gasteiger partial charge is 0.493 e. The van der Waals surface area contributed by atoms with Gasteiger partial charge in [0.15, 0.2) is 11.5 Å². The maximum atomic E-state index is 12.6. The van der Waals surface area contributed by atoms with E-state index in [9.17, 15) is 19.7 Å². The zero-order chi connectivity index (χ0) is 22.3. The molecule has 0 unspecified atom stereocenters. The standard InChI is InChI=1S/C20H20ClN3O6/c1-12(25)23-17(8-13-5-4-6-15(7-13)24(27)28)20(26)22-11-14-9-18(29-2)19(30-3)10-16(14)21/h4-10H,11H2,1-3H3,(H,22,26)(H,23,25)/b17-8-. The second-order valence-electron chi connectivity index (χ2n) is 6.07. The smallest absolute Gasteiger partial charge is 0.270 e. The number of ether oxygens (including phenoxy) is 2. The van der Waals surface area contributed by atoms with E-state index in [2.05, 4.69) is 10.6 Å². The zero-order valence-electron chi connectivity index (χ0n) is 16.5. The Bertz CT molecular complexity index is 1010. The first-order valence-corrected chi connectivity index (χ1v) is 9.05. The molecule has 0 aliphatic rings. The van der Waals surface area contributed by atoms with Crippen LogP contribution in [-0.2, 0) is 16.1 Å². The van der Waals surface area contributed by atoms with Gasteiger partial charge in [-0.1, -0.05) is 23.7 Å². The normalized spacial score (nSPS) is 10.9. The molecule has 0 spiro atoms. The van der Waals surface area contributed by atoms with Crippen molar-refractivity contribution in [3.05, 3.63) is 68.4 Å². The van der Waals surface area contributed by atoms with Crippen LogP contribution in [0.2, 0.25) is 5.02 Å². The van der Waals surface area contributed by atoms with Crippen LogP contribution in [0.4, 0.5) is 5.69 Å². The fourth-order valence-electron chi connectivity index (χ4n) is 2.55. The van der Waals surface area contributed by atoms with Crippen molar-refractivity contribution < 1.29 is 24.0 Å². The molecule has 2 rings (SSSR count). The molecule has 158 valence electrons. The maximum Gasteiger partial charge on any atom is 0.270 e. The summed E-state index contributed by atoms with van der Waals surface area (Å²) in [5.41, 5.74) is 0.746. The molecule has 0 saturated heterocycles. The average molecular weight is 434 g/mol. The molecule has 0 aliphatic carbocycles. The molecule has 0 aromatic heterocycles. The predicted molar refractivity (Wildman–Crippen MR) is 111 cm³/mol. The third-order valence-corrected chi connectivity index (χ3v) is 4.29. The molecule has 2 aromatic rings. The molecule has 9 nitrogen and oxygen atoms in total. The van der Waals surface area contributed by atoms with Gasteiger partial charge in [-0.3, -0.25) is 19.7 Å². The number of nitrogens with one attached hydrogen (secondary N) is 2. The molecular weight excluding hydrogens is 414 g/mol. The number of non-ortho nitro benzene ring substituents is 1. The fourth-order valence-corrected chi connectivity index (χ4v) is 2.77. The molecule has 2 N–H and O–H groups in total. The molecule has 0 fully saturated rings. The van der Waals surface area contributed by atoms with E-state index in [0.717, 1.165) is 0 Å². The number of hydrogen-bond donors (Lipinski definition) is 2. The van der Waals surface area contributed by atoms with E-state index in [4.69, 9.17) is 21.1 Å². The van der Waals surface area contributed by atoms with Crippen molar-refractivity contribution in [1.82, 2.24) is 10.6 Å². The number of rotatable bonds is 8. The van der Waals surface area contributed by atoms with Gasteiger partial charge in [0.05, 0.1) is 19.1 Å². The fraction of sp³-hybridized carbons (Fsp3) is 0.200. The summed E-state index contributed by atoms with van der Waals surface area (Å²) < 4.78 is 10.4. The highest BCUT2D eigenvalue weighted by atomic mass is 35.5. The summed E-state index contributed by atoms with van der Waals surface area (Å²) in [5, 5.41) is 16.4. The lowest BCUT2D eigenvalue weighted by Crippen LogP contribution is -2.33. The predicted octanol–water partition coefficient (Wildman–Crippen LogP) is 3.06. The Hall–Kier alpha value is -3.59. The minimum atomic E-state index is -0.595. The van der Waals surface area contributed by atoms with Crippen molar-refractivity contribution in [3.8, 4) is 11.5 Å². The summed E-state index contributed by atoms with van der Waals surface area (Å²) in [6.07, 6.45) is 1.35. The van der Waals surface area contributed by atoms with E-state index >= 15 is 0 Å². The Morgan fingerprint density at radius 3 is 2.43 bits per heavy atom. The van der Waals surface area contributed by atoms with Gasteiger partial charge in [0.25, 0.3) is 11.6 Å². The lowest BCUT2D eigenvalue weighted by atomic mass is 10.1. The zero-order valence-corrected chi connectivity index (χ0v) is 17.3. The molecule has 2 amide bonds. The van der Waals surface area contributed by atoms with Crippen LogP contribution in [0.15, 0.2) is 42.1 Å². The highest BCUT2D eigenvalue weighted by Gasteiger charge is 2.15. The number of benzene rings is 2. The Labute approximate surface area is 177 Å². The molecule has 0 atom stereocenters. The third kappa shape index (κ3) is 5.95. The van der Waals surface area contributed by atoms with Gasteiger partial charge in [0.2, 0.25) is 5.91 Å². The molecule has 2 aromatic carbocycles. The highest BCUT2D eigenvalue weighted by molar-refractivity contribution is 6.31. The van der Waals surface area contributed by atoms with Gasteiger partial charge in [0, 0.05) is 36.7 Å². The minimum absolute atomic E-state index is 0.0455. The summed E-state index contributed by atoms with van der Waals surface area (Å²) in [6.45, 7) is 1.30. The number of hydrogen-bond acceptors (Lipinski definition) is 6. The van der Waals surface area contributed by atoms with Gasteiger partial charge in [-0.25, -0.2) is 0 Å². The summed E-state index contributed by atoms with van der Waals surface area (Å²) >= 11 is 6.23. The number of carbonyl (C=O) groups is 2. The van der Waals surface area contributed by atoms with Gasteiger partial charge in [-0.05, 0) is 23.3 Å². The number of methoxy groups -OCH3 is 2. The number of carbonyl (C=O) groups excluding carboxylic acids is 2. The lowest BCUT2D eigenvalue weighted by molar-refractivity contribution is -0.384. The first kappa shape index (κ1) is 22.7. The molecule has 0 radical (unpaired) electrons. The van der Waals surface area contributed by atoms with Crippen molar-refractivity contribution in [1.29, 1.82) is 0 Å². The van der Waals surface area contributed by atoms with Crippen LogP contribution >= 0.6 is 11.6 Å². The van der Waals surface area contributed by atoms with Crippen LogP contribution in [0.25, 0.3) is 6.08 Å². The Kier molecular flexibility index (Phi) is 7.76. The Balaban J connectivity index is 2.25. The Morgan fingerprint density at radius 2 is 1.83 bits per heavy atom. The minimum Gasteiger partial charge on any atom is -0.493 e. The SMILES string of the molecule is COc1cc(Cl)c(CNC(=O)/C(=C/c2cccc([N+](=O)[O-])c2)NC(C)=O)cc1OC. The van der Waals surface area contributed by atoms with Crippen molar-refractivity contribution in [2.45, 2.75) is 13.5 Å². The highest BCUT2D eigenvalue weighted by Crippen LogP contribution is 2.33. The van der Waals surface area contributed by atoms with Crippen LogP contribution in [0.1, 0.15) is 18.1 Å². The summed E-state index contributed by atoms with van der Waals surface area (Å²) in [4.78, 5) is 34.5. The first-order valence-electron chi connectivity index (χ1n) is 8.67. The molecule has 30 heavy (non-hydrogen) atoms. The van der Waals surface area contributed by atoms with E-state index in [-0.39, 0.29) is 17.9 Å². The van der Waals surface area contributed by atoms with E-state index in [1.54, 1.807) is 18.2 Å². The Morgan fingerprint density at radius 1 is 1.17 bits per heavy atom. The average Bonchev–Trinajstić information content (AvgIpc) is 2.71. The second-order valence-corrected chi connectivity index (χ2v) is 6.48. The number of amides is 2. The molecule has 0 saturated carbocycles. The molecule has 0 heterocycles. The van der Waals surface area contributed by atoms with Crippen LogP contribution < -0.4 is 20.1 Å². The maximum absolute atomic E-state index is 12.6. The van der Waals surface area contributed by atoms with Crippen LogP contribution in [-0.4, -0.2) is 31.0 Å². The summed E-state index contributed by atoms with van der Waals surface area (Å²) in [6, 6.07) is 8.87. The van der Waals surface area contributed by atoms with Gasteiger partial charge in [-0.2, -0.15) is 0 Å².